The maximum Gasteiger partial charge on any atom is 0.433 e. The fraction of sp³-hybridized carbons (Fsp3) is 0.379. The zero-order chi connectivity index (χ0) is 30.1. The molecule has 42 heavy (non-hydrogen) atoms. The number of hydrogen-bond acceptors (Lipinski definition) is 7. The number of rotatable bonds is 7. The Bertz CT molecular complexity index is 1610. The topological polar surface area (TPSA) is 117 Å². The van der Waals surface area contributed by atoms with Crippen molar-refractivity contribution in [2.75, 3.05) is 17.2 Å². The first-order valence-electron chi connectivity index (χ1n) is 13.6. The van der Waals surface area contributed by atoms with Gasteiger partial charge in [0.1, 0.15) is 28.8 Å². The van der Waals surface area contributed by atoms with E-state index < -0.39 is 17.9 Å². The van der Waals surface area contributed by atoms with Crippen LogP contribution in [0.1, 0.15) is 52.1 Å². The quantitative estimate of drug-likeness (QED) is 0.288. The van der Waals surface area contributed by atoms with E-state index in [2.05, 4.69) is 51.5 Å². The highest BCUT2D eigenvalue weighted by Gasteiger charge is 2.35. The number of aromatic nitrogens is 5. The summed E-state index contributed by atoms with van der Waals surface area (Å²) in [4.78, 5) is 40.1. The van der Waals surface area contributed by atoms with Gasteiger partial charge in [0.05, 0.1) is 0 Å². The van der Waals surface area contributed by atoms with E-state index >= 15 is 0 Å². The van der Waals surface area contributed by atoms with Gasteiger partial charge in [-0.15, -0.1) is 5.10 Å². The number of amides is 2. The predicted molar refractivity (Wildman–Crippen MR) is 151 cm³/mol. The van der Waals surface area contributed by atoms with Crippen LogP contribution in [0.15, 0.2) is 54.9 Å². The third-order valence-corrected chi connectivity index (χ3v) is 6.90. The summed E-state index contributed by atoms with van der Waals surface area (Å²) >= 11 is 0. The van der Waals surface area contributed by atoms with Crippen molar-refractivity contribution in [3.63, 3.8) is 0 Å². The van der Waals surface area contributed by atoms with Gasteiger partial charge in [0.15, 0.2) is 5.82 Å². The zero-order valence-corrected chi connectivity index (χ0v) is 23.4. The van der Waals surface area contributed by atoms with Crippen LogP contribution in [0.5, 0.6) is 0 Å². The zero-order valence-electron chi connectivity index (χ0n) is 23.4. The molecule has 220 valence electrons. The smallest absolute Gasteiger partial charge is 0.338 e. The summed E-state index contributed by atoms with van der Waals surface area (Å²) in [5.74, 6) is 0.248. The van der Waals surface area contributed by atoms with Crippen LogP contribution in [-0.4, -0.2) is 53.9 Å². The van der Waals surface area contributed by atoms with Gasteiger partial charge in [-0.25, -0.2) is 19.5 Å². The van der Waals surface area contributed by atoms with E-state index in [4.69, 9.17) is 0 Å². The van der Waals surface area contributed by atoms with Crippen molar-refractivity contribution in [2.24, 2.45) is 5.41 Å². The van der Waals surface area contributed by atoms with Crippen molar-refractivity contribution in [1.82, 2.24) is 29.5 Å². The van der Waals surface area contributed by atoms with Crippen molar-refractivity contribution in [1.29, 1.82) is 0 Å². The van der Waals surface area contributed by atoms with Gasteiger partial charge in [-0.3, -0.25) is 9.59 Å². The van der Waals surface area contributed by atoms with E-state index in [0.717, 1.165) is 18.9 Å². The van der Waals surface area contributed by atoms with Crippen molar-refractivity contribution in [3.05, 3.63) is 60.6 Å². The van der Waals surface area contributed by atoms with Crippen LogP contribution in [0.2, 0.25) is 0 Å². The molecule has 1 aliphatic heterocycles. The Morgan fingerprint density at radius 1 is 1.07 bits per heavy atom. The summed E-state index contributed by atoms with van der Waals surface area (Å²) in [7, 11) is 0. The second-order valence-corrected chi connectivity index (χ2v) is 11.4. The highest BCUT2D eigenvalue weighted by atomic mass is 19.4. The number of fused-ring (bicyclic) bond motifs is 1. The molecule has 0 aromatic carbocycles. The van der Waals surface area contributed by atoms with Crippen molar-refractivity contribution in [2.45, 2.75) is 58.7 Å². The molecular weight excluding hydrogens is 549 g/mol. The van der Waals surface area contributed by atoms with Crippen molar-refractivity contribution >= 4 is 34.7 Å². The average molecular weight is 581 g/mol. The molecule has 0 unspecified atom stereocenters. The Balaban J connectivity index is 1.34. The first-order valence-corrected chi connectivity index (χ1v) is 13.6. The second kappa shape index (κ2) is 11.4. The van der Waals surface area contributed by atoms with E-state index in [0.29, 0.717) is 36.4 Å². The number of alkyl halides is 3. The third-order valence-electron chi connectivity index (χ3n) is 6.90. The normalized spacial score (nSPS) is 15.7. The fourth-order valence-corrected chi connectivity index (χ4v) is 4.74. The molecule has 10 nitrogen and oxygen atoms in total. The molecule has 0 radical (unpaired) electrons. The SMILES string of the molecule is CC(C)(C)CCC(=O)N1CCC[C@H]1C(=O)Nc1cc(Nc2nc(-c3cccc(C(F)(F)F)n3)nn3cccc23)ccn1. The first kappa shape index (κ1) is 29.0. The minimum Gasteiger partial charge on any atom is -0.338 e. The molecule has 1 atom stereocenters. The molecule has 5 rings (SSSR count). The van der Waals surface area contributed by atoms with Crippen molar-refractivity contribution in [3.8, 4) is 11.5 Å². The molecule has 4 aromatic heterocycles. The lowest BCUT2D eigenvalue weighted by molar-refractivity contribution is -0.141. The number of nitrogens with zero attached hydrogens (tertiary/aromatic N) is 6. The fourth-order valence-electron chi connectivity index (χ4n) is 4.74. The Morgan fingerprint density at radius 2 is 1.88 bits per heavy atom. The van der Waals surface area contributed by atoms with Crippen LogP contribution >= 0.6 is 0 Å². The molecule has 2 amide bonds. The monoisotopic (exact) mass is 580 g/mol. The number of carbonyl (C=O) groups is 2. The number of hydrogen-bond donors (Lipinski definition) is 2. The minimum absolute atomic E-state index is 0.00710. The summed E-state index contributed by atoms with van der Waals surface area (Å²) in [6, 6.07) is 9.73. The summed E-state index contributed by atoms with van der Waals surface area (Å²) in [6.07, 6.45) is 0.981. The lowest BCUT2D eigenvalue weighted by Crippen LogP contribution is -2.43. The van der Waals surface area contributed by atoms with Crippen LogP contribution in [0.3, 0.4) is 0 Å². The van der Waals surface area contributed by atoms with E-state index in [1.807, 2.05) is 0 Å². The highest BCUT2D eigenvalue weighted by Crippen LogP contribution is 2.30. The van der Waals surface area contributed by atoms with E-state index in [-0.39, 0.29) is 34.6 Å². The molecule has 0 bridgehead atoms. The molecule has 0 aliphatic carbocycles. The first-order chi connectivity index (χ1) is 19.9. The molecule has 4 aromatic rings. The average Bonchev–Trinajstić information content (AvgIpc) is 3.61. The maximum absolute atomic E-state index is 13.2. The summed E-state index contributed by atoms with van der Waals surface area (Å²) in [5.41, 5.74) is 0.0321. The molecule has 0 saturated carbocycles. The Morgan fingerprint density at radius 3 is 2.64 bits per heavy atom. The van der Waals surface area contributed by atoms with Crippen LogP contribution in [0, 0.1) is 5.41 Å². The lowest BCUT2D eigenvalue weighted by atomic mass is 9.90. The number of halogens is 3. The van der Waals surface area contributed by atoms with Gasteiger partial charge in [0.2, 0.25) is 17.6 Å². The lowest BCUT2D eigenvalue weighted by Gasteiger charge is -2.26. The molecule has 1 fully saturated rings. The van der Waals surface area contributed by atoms with Gasteiger partial charge in [0.25, 0.3) is 0 Å². The molecule has 13 heteroatoms. The van der Waals surface area contributed by atoms with E-state index in [9.17, 15) is 22.8 Å². The Labute approximate surface area is 240 Å². The summed E-state index contributed by atoms with van der Waals surface area (Å²) in [6.45, 7) is 6.77. The molecule has 1 saturated heterocycles. The van der Waals surface area contributed by atoms with Gasteiger partial charge in [0, 0.05) is 37.1 Å². The van der Waals surface area contributed by atoms with Gasteiger partial charge >= 0.3 is 6.18 Å². The largest absolute Gasteiger partial charge is 0.433 e. The van der Waals surface area contributed by atoms with Crippen LogP contribution in [0.25, 0.3) is 17.0 Å². The molecule has 2 N–H and O–H groups in total. The summed E-state index contributed by atoms with van der Waals surface area (Å²) in [5, 5.41) is 10.3. The minimum atomic E-state index is -4.61. The molecule has 5 heterocycles. The second-order valence-electron chi connectivity index (χ2n) is 11.4. The van der Waals surface area contributed by atoms with Crippen LogP contribution in [0.4, 0.5) is 30.5 Å². The number of pyridine rings is 2. The van der Waals surface area contributed by atoms with Crippen molar-refractivity contribution < 1.29 is 22.8 Å². The van der Waals surface area contributed by atoms with Gasteiger partial charge in [-0.05, 0) is 55.0 Å². The Kier molecular flexibility index (Phi) is 7.85. The Hall–Kier alpha value is -4.55. The molecule has 1 aliphatic rings. The van der Waals surface area contributed by atoms with Gasteiger partial charge in [-0.2, -0.15) is 13.2 Å². The van der Waals surface area contributed by atoms with Crippen LogP contribution < -0.4 is 10.6 Å². The number of nitrogens with one attached hydrogen (secondary N) is 2. The van der Waals surface area contributed by atoms with Gasteiger partial charge < -0.3 is 15.5 Å². The van der Waals surface area contributed by atoms with E-state index in [1.165, 1.54) is 22.8 Å². The van der Waals surface area contributed by atoms with Gasteiger partial charge in [-0.1, -0.05) is 26.8 Å². The number of carbonyl (C=O) groups excluding carboxylic acids is 2. The standard InChI is InChI=1S/C29H31F3N8O2/c1-28(2,3)13-11-24(41)39-15-5-9-21(39)27(42)36-23-17-18(12-14-33-23)34-26-20-8-6-16-40(20)38-25(37-26)19-7-4-10-22(35-19)29(30,31)32/h4,6-8,10,12,14,16-17,21H,5,9,11,13,15H2,1-3H3,(H2,33,34,36,37,38,42)/t21-/m0/s1. The third kappa shape index (κ3) is 6.67. The number of likely N-dealkylation sites (tertiary alicyclic amines) is 1. The van der Waals surface area contributed by atoms with E-state index in [1.54, 1.807) is 35.4 Å². The molecule has 0 spiro atoms. The predicted octanol–water partition coefficient (Wildman–Crippen LogP) is 5.70. The van der Waals surface area contributed by atoms with Crippen LogP contribution in [-0.2, 0) is 15.8 Å². The highest BCUT2D eigenvalue weighted by molar-refractivity contribution is 5.97. The summed E-state index contributed by atoms with van der Waals surface area (Å²) < 4.78 is 41.2. The molecular formula is C29H31F3N8O2. The maximum atomic E-state index is 13.2. The number of anilines is 3.